The number of hydrogen-bond acceptors (Lipinski definition) is 2. The van der Waals surface area contributed by atoms with E-state index in [4.69, 9.17) is 4.74 Å². The van der Waals surface area contributed by atoms with Crippen LogP contribution >= 0.6 is 15.9 Å². The zero-order valence-electron chi connectivity index (χ0n) is 10.5. The third-order valence-corrected chi connectivity index (χ3v) is 3.33. The fourth-order valence-electron chi connectivity index (χ4n) is 1.75. The fraction of sp³-hybridized carbons (Fsp3) is 0.133. The van der Waals surface area contributed by atoms with Gasteiger partial charge in [0.15, 0.2) is 5.78 Å². The smallest absolute Gasteiger partial charge is 0.196 e. The molecule has 0 unspecified atom stereocenters. The summed E-state index contributed by atoms with van der Waals surface area (Å²) < 4.78 is 19.5. The van der Waals surface area contributed by atoms with Gasteiger partial charge in [-0.25, -0.2) is 4.39 Å². The Morgan fingerprint density at radius 3 is 2.58 bits per heavy atom. The minimum atomic E-state index is -0.389. The van der Waals surface area contributed by atoms with Crippen molar-refractivity contribution in [2.45, 2.75) is 6.92 Å². The normalized spacial score (nSPS) is 10.3. The van der Waals surface area contributed by atoms with Crippen LogP contribution < -0.4 is 4.74 Å². The summed E-state index contributed by atoms with van der Waals surface area (Å²) in [5.74, 6) is -0.189. The van der Waals surface area contributed by atoms with Crippen molar-refractivity contribution in [2.75, 3.05) is 7.11 Å². The lowest BCUT2D eigenvalue weighted by Gasteiger charge is -2.08. The van der Waals surface area contributed by atoms with E-state index in [0.29, 0.717) is 22.4 Å². The number of methoxy groups -OCH3 is 1. The van der Waals surface area contributed by atoms with Crippen molar-refractivity contribution in [3.63, 3.8) is 0 Å². The number of ketones is 1. The molecule has 0 saturated heterocycles. The van der Waals surface area contributed by atoms with Crippen LogP contribution in [0.3, 0.4) is 0 Å². The van der Waals surface area contributed by atoms with Crippen LogP contribution in [0, 0.1) is 12.7 Å². The van der Waals surface area contributed by atoms with Crippen molar-refractivity contribution >= 4 is 21.7 Å². The number of carbonyl (C=O) groups is 1. The Hall–Kier alpha value is -1.68. The van der Waals surface area contributed by atoms with Crippen molar-refractivity contribution in [1.82, 2.24) is 0 Å². The van der Waals surface area contributed by atoms with Crippen LogP contribution in [0.5, 0.6) is 5.75 Å². The molecular weight excluding hydrogens is 311 g/mol. The standard InChI is InChI=1S/C15H12BrFO2/c1-9-3-4-10(7-13(9)17)15(18)12-8-11(16)5-6-14(12)19-2/h3-8H,1-2H3. The van der Waals surface area contributed by atoms with Crippen LogP contribution in [0.2, 0.25) is 0 Å². The van der Waals surface area contributed by atoms with Gasteiger partial charge in [-0.15, -0.1) is 0 Å². The zero-order valence-corrected chi connectivity index (χ0v) is 12.1. The largest absolute Gasteiger partial charge is 0.496 e. The highest BCUT2D eigenvalue weighted by atomic mass is 79.9. The lowest BCUT2D eigenvalue weighted by molar-refractivity contribution is 0.103. The molecule has 0 saturated carbocycles. The Balaban J connectivity index is 2.49. The van der Waals surface area contributed by atoms with Gasteiger partial charge in [0.25, 0.3) is 0 Å². The summed E-state index contributed by atoms with van der Waals surface area (Å²) in [5.41, 5.74) is 1.22. The number of halogens is 2. The van der Waals surface area contributed by atoms with Gasteiger partial charge in [-0.2, -0.15) is 0 Å². The Labute approximate surface area is 119 Å². The summed E-state index contributed by atoms with van der Waals surface area (Å²) in [6.07, 6.45) is 0. The van der Waals surface area contributed by atoms with Crippen LogP contribution in [0.1, 0.15) is 21.5 Å². The second kappa shape index (κ2) is 5.53. The Morgan fingerprint density at radius 2 is 1.95 bits per heavy atom. The summed E-state index contributed by atoms with van der Waals surface area (Å²) in [6, 6.07) is 9.60. The SMILES string of the molecule is COc1ccc(Br)cc1C(=O)c1ccc(C)c(F)c1. The molecule has 0 amide bonds. The van der Waals surface area contributed by atoms with Gasteiger partial charge in [0.05, 0.1) is 12.7 Å². The van der Waals surface area contributed by atoms with E-state index >= 15 is 0 Å². The number of aryl methyl sites for hydroxylation is 1. The van der Waals surface area contributed by atoms with Gasteiger partial charge in [-0.1, -0.05) is 28.1 Å². The third kappa shape index (κ3) is 2.84. The molecule has 0 aliphatic rings. The van der Waals surface area contributed by atoms with E-state index in [2.05, 4.69) is 15.9 Å². The maximum absolute atomic E-state index is 13.5. The predicted molar refractivity (Wildman–Crippen MR) is 75.3 cm³/mol. The minimum absolute atomic E-state index is 0.267. The van der Waals surface area contributed by atoms with E-state index in [0.717, 1.165) is 4.47 Å². The van der Waals surface area contributed by atoms with Gasteiger partial charge in [-0.3, -0.25) is 4.79 Å². The Morgan fingerprint density at radius 1 is 1.21 bits per heavy atom. The molecule has 98 valence electrons. The molecule has 4 heteroatoms. The molecule has 0 atom stereocenters. The average molecular weight is 323 g/mol. The topological polar surface area (TPSA) is 26.3 Å². The van der Waals surface area contributed by atoms with E-state index in [-0.39, 0.29) is 11.6 Å². The Bertz CT molecular complexity index is 638. The molecule has 19 heavy (non-hydrogen) atoms. The molecule has 0 aromatic heterocycles. The molecule has 2 nitrogen and oxygen atoms in total. The first-order valence-electron chi connectivity index (χ1n) is 5.67. The highest BCUT2D eigenvalue weighted by Crippen LogP contribution is 2.26. The molecule has 2 aromatic carbocycles. The van der Waals surface area contributed by atoms with Crippen molar-refractivity contribution in [2.24, 2.45) is 0 Å². The lowest BCUT2D eigenvalue weighted by Crippen LogP contribution is -2.05. The number of benzene rings is 2. The first-order valence-corrected chi connectivity index (χ1v) is 6.46. The summed E-state index contributed by atoms with van der Waals surface area (Å²) in [5, 5.41) is 0. The van der Waals surface area contributed by atoms with Crippen molar-refractivity contribution in [1.29, 1.82) is 0 Å². The van der Waals surface area contributed by atoms with Crippen molar-refractivity contribution in [3.05, 3.63) is 63.4 Å². The minimum Gasteiger partial charge on any atom is -0.496 e. The van der Waals surface area contributed by atoms with Crippen LogP contribution in [-0.2, 0) is 0 Å². The molecule has 2 rings (SSSR count). The molecule has 0 spiro atoms. The average Bonchev–Trinajstić information content (AvgIpc) is 2.41. The highest BCUT2D eigenvalue weighted by molar-refractivity contribution is 9.10. The van der Waals surface area contributed by atoms with E-state index in [1.807, 2.05) is 0 Å². The van der Waals surface area contributed by atoms with Crippen LogP contribution in [0.15, 0.2) is 40.9 Å². The van der Waals surface area contributed by atoms with Crippen molar-refractivity contribution < 1.29 is 13.9 Å². The molecule has 2 aromatic rings. The van der Waals surface area contributed by atoms with Gasteiger partial charge < -0.3 is 4.74 Å². The quantitative estimate of drug-likeness (QED) is 0.794. The van der Waals surface area contributed by atoms with Gasteiger partial charge in [-0.05, 0) is 36.8 Å². The maximum Gasteiger partial charge on any atom is 0.196 e. The first kappa shape index (κ1) is 13.7. The summed E-state index contributed by atoms with van der Waals surface area (Å²) >= 11 is 3.31. The second-order valence-electron chi connectivity index (χ2n) is 4.14. The third-order valence-electron chi connectivity index (χ3n) is 2.84. The lowest BCUT2D eigenvalue weighted by atomic mass is 10.0. The van der Waals surface area contributed by atoms with Gasteiger partial charge >= 0.3 is 0 Å². The van der Waals surface area contributed by atoms with Crippen LogP contribution in [-0.4, -0.2) is 12.9 Å². The molecule has 0 aliphatic heterocycles. The molecule has 0 radical (unpaired) electrons. The number of rotatable bonds is 3. The molecule has 0 bridgehead atoms. The van der Waals surface area contributed by atoms with Gasteiger partial charge in [0, 0.05) is 10.0 Å². The van der Waals surface area contributed by atoms with Crippen molar-refractivity contribution in [3.8, 4) is 5.75 Å². The zero-order chi connectivity index (χ0) is 14.0. The second-order valence-corrected chi connectivity index (χ2v) is 5.05. The van der Waals surface area contributed by atoms with E-state index in [1.54, 1.807) is 37.3 Å². The van der Waals surface area contributed by atoms with E-state index in [9.17, 15) is 9.18 Å². The highest BCUT2D eigenvalue weighted by Gasteiger charge is 2.16. The predicted octanol–water partition coefficient (Wildman–Crippen LogP) is 4.14. The number of ether oxygens (including phenoxy) is 1. The summed E-state index contributed by atoms with van der Waals surface area (Å²) in [4.78, 5) is 12.4. The Kier molecular flexibility index (Phi) is 4.00. The number of hydrogen-bond donors (Lipinski definition) is 0. The molecule has 0 aliphatic carbocycles. The number of carbonyl (C=O) groups excluding carboxylic acids is 1. The van der Waals surface area contributed by atoms with Gasteiger partial charge in [0.2, 0.25) is 0 Å². The summed E-state index contributed by atoms with van der Waals surface area (Å²) in [6.45, 7) is 1.66. The molecular formula is C15H12BrFO2. The molecule has 0 N–H and O–H groups in total. The van der Waals surface area contributed by atoms with Crippen LogP contribution in [0.4, 0.5) is 4.39 Å². The maximum atomic E-state index is 13.5. The van der Waals surface area contributed by atoms with Gasteiger partial charge in [0.1, 0.15) is 11.6 Å². The molecule has 0 fully saturated rings. The monoisotopic (exact) mass is 322 g/mol. The summed E-state index contributed by atoms with van der Waals surface area (Å²) in [7, 11) is 1.50. The molecule has 0 heterocycles. The fourth-order valence-corrected chi connectivity index (χ4v) is 2.11. The first-order chi connectivity index (χ1) is 9.02. The van der Waals surface area contributed by atoms with E-state index < -0.39 is 0 Å². The van der Waals surface area contributed by atoms with E-state index in [1.165, 1.54) is 13.2 Å². The van der Waals surface area contributed by atoms with Crippen LogP contribution in [0.25, 0.3) is 0 Å².